The third-order valence-corrected chi connectivity index (χ3v) is 8.78. The molecule has 1 saturated heterocycles. The largest absolute Gasteiger partial charge is 0.336 e. The monoisotopic (exact) mass is 411 g/mol. The summed E-state index contributed by atoms with van der Waals surface area (Å²) in [4.78, 5) is 4.28. The third-order valence-electron chi connectivity index (χ3n) is 4.88. The lowest BCUT2D eigenvalue weighted by molar-refractivity contribution is 0.426. The van der Waals surface area contributed by atoms with Crippen LogP contribution in [0, 0.1) is 0 Å². The molecule has 1 unspecified atom stereocenters. The molecule has 148 valence electrons. The third kappa shape index (κ3) is 3.95. The van der Waals surface area contributed by atoms with Crippen LogP contribution >= 0.6 is 0 Å². The van der Waals surface area contributed by atoms with Crippen molar-refractivity contribution in [1.82, 2.24) is 13.9 Å². The molecule has 2 aromatic rings. The van der Waals surface area contributed by atoms with E-state index in [-0.39, 0.29) is 36.2 Å². The van der Waals surface area contributed by atoms with Gasteiger partial charge in [-0.3, -0.25) is 0 Å². The number of hydrogen-bond donors (Lipinski definition) is 0. The second kappa shape index (κ2) is 7.37. The van der Waals surface area contributed by atoms with Crippen LogP contribution in [0.25, 0.3) is 0 Å². The molecule has 0 spiro atoms. The zero-order valence-corrected chi connectivity index (χ0v) is 17.4. The first-order valence-corrected chi connectivity index (χ1v) is 12.1. The predicted octanol–water partition coefficient (Wildman–Crippen LogP) is 2.09. The molecule has 1 aliphatic rings. The van der Waals surface area contributed by atoms with E-state index in [1.807, 2.05) is 19.9 Å². The average Bonchev–Trinajstić information content (AvgIpc) is 2.93. The molecule has 0 bridgehead atoms. The van der Waals surface area contributed by atoms with Crippen LogP contribution in [0.4, 0.5) is 0 Å². The molecule has 1 aromatic carbocycles. The smallest absolute Gasteiger partial charge is 0.262 e. The summed E-state index contributed by atoms with van der Waals surface area (Å²) < 4.78 is 54.5. The van der Waals surface area contributed by atoms with Crippen molar-refractivity contribution in [1.29, 1.82) is 0 Å². The van der Waals surface area contributed by atoms with Crippen LogP contribution in [0.15, 0.2) is 41.6 Å². The molecule has 1 aromatic heterocycles. The second-order valence-corrected chi connectivity index (χ2v) is 11.3. The highest BCUT2D eigenvalue weighted by Crippen LogP contribution is 2.31. The van der Waals surface area contributed by atoms with Crippen LogP contribution in [-0.2, 0) is 26.9 Å². The van der Waals surface area contributed by atoms with Gasteiger partial charge in [0.15, 0.2) is 14.9 Å². The normalized spacial score (nSPS) is 21.3. The van der Waals surface area contributed by atoms with Gasteiger partial charge in [-0.1, -0.05) is 44.2 Å². The van der Waals surface area contributed by atoms with E-state index in [2.05, 4.69) is 4.98 Å². The fourth-order valence-electron chi connectivity index (χ4n) is 3.45. The summed E-state index contributed by atoms with van der Waals surface area (Å²) in [5.74, 6) is 0.569. The fourth-order valence-corrected chi connectivity index (χ4v) is 6.80. The number of aromatic nitrogens is 2. The average molecular weight is 412 g/mol. The number of aryl methyl sites for hydroxylation is 1. The highest BCUT2D eigenvalue weighted by atomic mass is 32.2. The van der Waals surface area contributed by atoms with Crippen LogP contribution < -0.4 is 0 Å². The summed E-state index contributed by atoms with van der Waals surface area (Å²) in [7, 11) is -5.51. The summed E-state index contributed by atoms with van der Waals surface area (Å²) in [6.45, 7) is 3.99. The molecule has 1 atom stereocenters. The van der Waals surface area contributed by atoms with E-state index in [0.717, 1.165) is 0 Å². The Morgan fingerprint density at radius 1 is 1.15 bits per heavy atom. The summed E-state index contributed by atoms with van der Waals surface area (Å²) in [5, 5.41) is -0.710. The molecule has 0 amide bonds. The molecule has 3 rings (SSSR count). The molecule has 7 nitrogen and oxygen atoms in total. The quantitative estimate of drug-likeness (QED) is 0.769. The maximum absolute atomic E-state index is 13.0. The number of benzene rings is 1. The first kappa shape index (κ1) is 20.0. The Labute approximate surface area is 161 Å². The minimum Gasteiger partial charge on any atom is -0.336 e. The zero-order chi connectivity index (χ0) is 19.8. The number of imidazole rings is 1. The minimum absolute atomic E-state index is 0.0238. The van der Waals surface area contributed by atoms with Gasteiger partial charge in [0.2, 0.25) is 0 Å². The molecule has 0 radical (unpaired) electrons. The van der Waals surface area contributed by atoms with Gasteiger partial charge in [-0.15, -0.1) is 0 Å². The Morgan fingerprint density at radius 3 is 2.41 bits per heavy atom. The molecular formula is C18H25N3O4S2. The number of sulfonamides is 1. The summed E-state index contributed by atoms with van der Waals surface area (Å²) >= 11 is 0. The lowest BCUT2D eigenvalue weighted by atomic mass is 10.1. The van der Waals surface area contributed by atoms with Gasteiger partial charge in [0.25, 0.3) is 10.0 Å². The molecule has 9 heteroatoms. The van der Waals surface area contributed by atoms with Gasteiger partial charge in [0.05, 0.1) is 11.0 Å². The summed E-state index contributed by atoms with van der Waals surface area (Å²) in [5.41, 5.74) is 0.705. The van der Waals surface area contributed by atoms with Gasteiger partial charge >= 0.3 is 0 Å². The van der Waals surface area contributed by atoms with Crippen LogP contribution in [0.5, 0.6) is 0 Å². The van der Waals surface area contributed by atoms with Crippen LogP contribution in [0.2, 0.25) is 0 Å². The Morgan fingerprint density at radius 2 is 1.81 bits per heavy atom. The summed E-state index contributed by atoms with van der Waals surface area (Å²) in [6.07, 6.45) is 1.73. The number of sulfone groups is 1. The number of rotatable bonds is 4. The standard InChI is InChI=1S/C18H25N3O4S2/c1-14(2)18-19-17(13-20(18)3)27(24,25)21-10-9-16(26(22,23)12-11-21)15-7-5-4-6-8-15/h4-8,13-14,16H,9-12H2,1-3H3. The Bertz CT molecular complexity index is 1010. The molecule has 1 aliphatic heterocycles. The molecule has 0 saturated carbocycles. The van der Waals surface area contributed by atoms with Crippen molar-refractivity contribution in [3.05, 3.63) is 47.9 Å². The molecule has 2 heterocycles. The second-order valence-electron chi connectivity index (χ2n) is 7.16. The molecule has 0 N–H and O–H groups in total. The predicted molar refractivity (Wildman–Crippen MR) is 104 cm³/mol. The van der Waals surface area contributed by atoms with Crippen molar-refractivity contribution in [2.24, 2.45) is 7.05 Å². The SMILES string of the molecule is CC(C)c1nc(S(=O)(=O)N2CCC(c3ccccc3)S(=O)(=O)CC2)cn1C. The van der Waals surface area contributed by atoms with E-state index in [4.69, 9.17) is 0 Å². The lowest BCUT2D eigenvalue weighted by Crippen LogP contribution is -2.33. The fraction of sp³-hybridized carbons (Fsp3) is 0.500. The van der Waals surface area contributed by atoms with E-state index < -0.39 is 25.1 Å². The number of hydrogen-bond acceptors (Lipinski definition) is 5. The highest BCUT2D eigenvalue weighted by molar-refractivity contribution is 7.92. The first-order chi connectivity index (χ1) is 12.6. The zero-order valence-electron chi connectivity index (χ0n) is 15.7. The van der Waals surface area contributed by atoms with Crippen LogP contribution in [0.3, 0.4) is 0 Å². The van der Waals surface area contributed by atoms with Crippen molar-refractivity contribution in [2.45, 2.75) is 36.5 Å². The van der Waals surface area contributed by atoms with E-state index in [1.54, 1.807) is 35.9 Å². The van der Waals surface area contributed by atoms with Crippen molar-refractivity contribution >= 4 is 19.9 Å². The minimum atomic E-state index is -3.84. The van der Waals surface area contributed by atoms with E-state index in [0.29, 0.717) is 11.4 Å². The highest BCUT2D eigenvalue weighted by Gasteiger charge is 2.36. The van der Waals surface area contributed by atoms with Gasteiger partial charge in [0.1, 0.15) is 5.82 Å². The Kier molecular flexibility index (Phi) is 5.47. The van der Waals surface area contributed by atoms with E-state index in [1.165, 1.54) is 10.5 Å². The Balaban J connectivity index is 1.90. The van der Waals surface area contributed by atoms with Gasteiger partial charge < -0.3 is 4.57 Å². The van der Waals surface area contributed by atoms with Crippen LogP contribution in [-0.4, -0.2) is 49.5 Å². The Hall–Kier alpha value is -1.71. The van der Waals surface area contributed by atoms with Crippen molar-refractivity contribution in [3.63, 3.8) is 0 Å². The van der Waals surface area contributed by atoms with Gasteiger partial charge in [-0.25, -0.2) is 21.8 Å². The first-order valence-electron chi connectivity index (χ1n) is 8.93. The molecule has 1 fully saturated rings. The van der Waals surface area contributed by atoms with Crippen LogP contribution in [0.1, 0.15) is 42.8 Å². The topological polar surface area (TPSA) is 89.3 Å². The maximum atomic E-state index is 13.0. The van der Waals surface area contributed by atoms with Crippen molar-refractivity contribution in [2.75, 3.05) is 18.8 Å². The van der Waals surface area contributed by atoms with Crippen molar-refractivity contribution in [3.8, 4) is 0 Å². The number of nitrogens with zero attached hydrogens (tertiary/aromatic N) is 3. The van der Waals surface area contributed by atoms with Crippen molar-refractivity contribution < 1.29 is 16.8 Å². The molecular weight excluding hydrogens is 386 g/mol. The maximum Gasteiger partial charge on any atom is 0.262 e. The van der Waals surface area contributed by atoms with Gasteiger partial charge in [-0.2, -0.15) is 4.31 Å². The van der Waals surface area contributed by atoms with Gasteiger partial charge in [0, 0.05) is 32.3 Å². The summed E-state index contributed by atoms with van der Waals surface area (Å²) in [6, 6.07) is 8.98. The van der Waals surface area contributed by atoms with Gasteiger partial charge in [-0.05, 0) is 12.0 Å². The molecule has 0 aliphatic carbocycles. The van der Waals surface area contributed by atoms with E-state index in [9.17, 15) is 16.8 Å². The molecule has 27 heavy (non-hydrogen) atoms. The lowest BCUT2D eigenvalue weighted by Gasteiger charge is -2.18. The van der Waals surface area contributed by atoms with E-state index >= 15 is 0 Å².